The van der Waals surface area contributed by atoms with E-state index in [0.717, 1.165) is 5.69 Å². The highest BCUT2D eigenvalue weighted by Crippen LogP contribution is 2.65. The van der Waals surface area contributed by atoms with Gasteiger partial charge in [0, 0.05) is 30.3 Å². The first-order chi connectivity index (χ1) is 13.7. The van der Waals surface area contributed by atoms with Crippen LogP contribution in [-0.4, -0.2) is 40.3 Å². The first-order valence-corrected chi connectivity index (χ1v) is 9.29. The fraction of sp³-hybridized carbons (Fsp3) is 0.350. The van der Waals surface area contributed by atoms with E-state index < -0.39 is 17.9 Å². The number of pyridine rings is 2. The summed E-state index contributed by atoms with van der Waals surface area (Å²) in [4.78, 5) is 45.9. The molecule has 0 unspecified atom stereocenters. The van der Waals surface area contributed by atoms with Crippen LogP contribution in [0.3, 0.4) is 0 Å². The number of primary amides is 2. The minimum Gasteiger partial charge on any atom is -0.364 e. The summed E-state index contributed by atoms with van der Waals surface area (Å²) in [7, 11) is 0. The van der Waals surface area contributed by atoms with Crippen LogP contribution in [0.2, 0.25) is 0 Å². The van der Waals surface area contributed by atoms with Gasteiger partial charge in [0.15, 0.2) is 0 Å². The maximum Gasteiger partial charge on any atom is 0.267 e. The average Bonchev–Trinajstić information content (AvgIpc) is 3.04. The Kier molecular flexibility index (Phi) is 4.25. The van der Waals surface area contributed by atoms with E-state index in [0.29, 0.717) is 18.2 Å². The molecular weight excluding hydrogens is 372 g/mol. The van der Waals surface area contributed by atoms with Gasteiger partial charge in [-0.15, -0.1) is 0 Å². The quantitative estimate of drug-likeness (QED) is 0.683. The molecule has 5 N–H and O–H groups in total. The minimum atomic E-state index is -0.664. The van der Waals surface area contributed by atoms with Crippen LogP contribution in [0.5, 0.6) is 0 Å². The van der Waals surface area contributed by atoms with Crippen LogP contribution < -0.4 is 21.7 Å². The number of anilines is 2. The Morgan fingerprint density at radius 3 is 2.34 bits per heavy atom. The summed E-state index contributed by atoms with van der Waals surface area (Å²) in [6, 6.07) is 6.01. The topological polar surface area (TPSA) is 144 Å². The highest BCUT2D eigenvalue weighted by Gasteiger charge is 2.68. The van der Waals surface area contributed by atoms with Crippen molar-refractivity contribution in [3.8, 4) is 0 Å². The zero-order valence-corrected chi connectivity index (χ0v) is 16.1. The molecular formula is C20H22N6O3. The molecule has 0 radical (unpaired) electrons. The summed E-state index contributed by atoms with van der Waals surface area (Å²) in [6.07, 6.45) is 2.94. The van der Waals surface area contributed by atoms with Crippen LogP contribution in [0.15, 0.2) is 36.7 Å². The molecule has 150 valence electrons. The van der Waals surface area contributed by atoms with Gasteiger partial charge in [0.25, 0.3) is 11.8 Å². The first kappa shape index (κ1) is 18.9. The van der Waals surface area contributed by atoms with Gasteiger partial charge in [-0.25, -0.2) is 0 Å². The van der Waals surface area contributed by atoms with Gasteiger partial charge in [0.2, 0.25) is 5.91 Å². The van der Waals surface area contributed by atoms with Gasteiger partial charge in [-0.2, -0.15) is 0 Å². The van der Waals surface area contributed by atoms with Crippen molar-refractivity contribution in [1.82, 2.24) is 9.97 Å². The lowest BCUT2D eigenvalue weighted by Crippen LogP contribution is -2.45. The van der Waals surface area contributed by atoms with Gasteiger partial charge >= 0.3 is 0 Å². The number of fused-ring (bicyclic) bond motifs is 1. The second-order valence-corrected chi connectivity index (χ2v) is 8.10. The molecule has 1 saturated carbocycles. The maximum atomic E-state index is 13.2. The summed E-state index contributed by atoms with van der Waals surface area (Å²) in [5.74, 6) is -0.939. The van der Waals surface area contributed by atoms with E-state index in [1.165, 1.54) is 18.5 Å². The molecule has 2 aromatic heterocycles. The first-order valence-electron chi connectivity index (χ1n) is 9.29. The van der Waals surface area contributed by atoms with Gasteiger partial charge in [0.05, 0.1) is 0 Å². The third kappa shape index (κ3) is 3.18. The van der Waals surface area contributed by atoms with Crippen molar-refractivity contribution >= 4 is 29.1 Å². The second kappa shape index (κ2) is 6.54. The largest absolute Gasteiger partial charge is 0.364 e. The Bertz CT molecular complexity index is 1020. The predicted molar refractivity (Wildman–Crippen MR) is 106 cm³/mol. The van der Waals surface area contributed by atoms with Crippen molar-refractivity contribution in [2.75, 3.05) is 16.8 Å². The molecule has 2 fully saturated rings. The monoisotopic (exact) mass is 394 g/mol. The lowest BCUT2D eigenvalue weighted by atomic mass is 10.00. The lowest BCUT2D eigenvalue weighted by molar-refractivity contribution is -0.117. The van der Waals surface area contributed by atoms with E-state index in [2.05, 4.69) is 29.1 Å². The summed E-state index contributed by atoms with van der Waals surface area (Å²) in [5, 5.41) is 2.88. The summed E-state index contributed by atoms with van der Waals surface area (Å²) in [6.45, 7) is 5.00. The normalized spacial score (nSPS) is 23.9. The Balaban J connectivity index is 1.62. The molecule has 0 bridgehead atoms. The van der Waals surface area contributed by atoms with Gasteiger partial charge in [-0.3, -0.25) is 24.4 Å². The van der Waals surface area contributed by atoms with E-state index in [1.807, 2.05) is 4.90 Å². The Hall–Kier alpha value is -3.49. The molecule has 1 saturated heterocycles. The van der Waals surface area contributed by atoms with E-state index >= 15 is 0 Å². The van der Waals surface area contributed by atoms with Crippen LogP contribution in [0.4, 0.5) is 11.4 Å². The number of carbonyl (C=O) groups excluding carboxylic acids is 3. The number of nitrogens with one attached hydrogen (secondary N) is 1. The highest BCUT2D eigenvalue weighted by atomic mass is 16.2. The van der Waals surface area contributed by atoms with Crippen LogP contribution in [0, 0.1) is 17.3 Å². The molecule has 29 heavy (non-hydrogen) atoms. The molecule has 1 aliphatic heterocycles. The number of rotatable bonds is 5. The SMILES string of the molecule is CC1(C)[C@@H]2[C@@H](C(=O)Nc3ccnc(C(N)=O)c3)N(c3ccnc(C(N)=O)c3)C[C@@H]21. The Morgan fingerprint density at radius 2 is 1.69 bits per heavy atom. The number of nitrogens with two attached hydrogens (primary N) is 2. The van der Waals surface area contributed by atoms with Crippen LogP contribution in [0.1, 0.15) is 34.8 Å². The number of hydrogen-bond donors (Lipinski definition) is 3. The third-order valence-corrected chi connectivity index (χ3v) is 6.08. The highest BCUT2D eigenvalue weighted by molar-refractivity contribution is 6.00. The third-order valence-electron chi connectivity index (χ3n) is 6.08. The van der Waals surface area contributed by atoms with Crippen molar-refractivity contribution in [3.63, 3.8) is 0 Å². The fourth-order valence-corrected chi connectivity index (χ4v) is 4.44. The molecule has 2 aliphatic rings. The molecule has 9 nitrogen and oxygen atoms in total. The number of nitrogens with zero attached hydrogens (tertiary/aromatic N) is 3. The maximum absolute atomic E-state index is 13.2. The van der Waals surface area contributed by atoms with Gasteiger partial charge in [-0.1, -0.05) is 13.8 Å². The molecule has 3 atom stereocenters. The van der Waals surface area contributed by atoms with Gasteiger partial charge < -0.3 is 21.7 Å². The van der Waals surface area contributed by atoms with Gasteiger partial charge in [0.1, 0.15) is 17.4 Å². The molecule has 4 rings (SSSR count). The number of carbonyl (C=O) groups is 3. The number of piperidine rings is 1. The molecule has 0 spiro atoms. The molecule has 9 heteroatoms. The summed E-state index contributed by atoms with van der Waals surface area (Å²) >= 11 is 0. The predicted octanol–water partition coefficient (Wildman–Crippen LogP) is 0.774. The van der Waals surface area contributed by atoms with E-state index in [-0.39, 0.29) is 28.6 Å². The lowest BCUT2D eigenvalue weighted by Gasteiger charge is -2.32. The van der Waals surface area contributed by atoms with Crippen molar-refractivity contribution in [2.24, 2.45) is 28.7 Å². The van der Waals surface area contributed by atoms with Crippen LogP contribution >= 0.6 is 0 Å². The number of hydrogen-bond acceptors (Lipinski definition) is 6. The summed E-state index contributed by atoms with van der Waals surface area (Å²) in [5.41, 5.74) is 12.1. The van der Waals surface area contributed by atoms with Crippen molar-refractivity contribution < 1.29 is 14.4 Å². The van der Waals surface area contributed by atoms with Crippen molar-refractivity contribution in [3.05, 3.63) is 48.0 Å². The molecule has 3 heterocycles. The zero-order chi connectivity index (χ0) is 20.9. The van der Waals surface area contributed by atoms with E-state index in [9.17, 15) is 14.4 Å². The average molecular weight is 394 g/mol. The molecule has 2 aromatic rings. The standard InChI is InChI=1S/C20H22N6O3/c1-20(2)12-9-26(11-4-6-24-14(8-11)18(22)28)16(15(12)20)19(29)25-10-3-5-23-13(7-10)17(21)27/h3-8,12,15-16H,9H2,1-2H3,(H2,21,27)(H2,22,28)(H,23,25,29)/t12-,15-,16-/m0/s1. The molecule has 0 aromatic carbocycles. The fourth-order valence-electron chi connectivity index (χ4n) is 4.44. The molecule has 3 amide bonds. The van der Waals surface area contributed by atoms with Gasteiger partial charge in [-0.05, 0) is 41.5 Å². The van der Waals surface area contributed by atoms with E-state index in [1.54, 1.807) is 18.2 Å². The van der Waals surface area contributed by atoms with Crippen molar-refractivity contribution in [2.45, 2.75) is 19.9 Å². The zero-order valence-electron chi connectivity index (χ0n) is 16.1. The number of amides is 3. The Labute approximate surface area is 167 Å². The molecule has 1 aliphatic carbocycles. The smallest absolute Gasteiger partial charge is 0.267 e. The second-order valence-electron chi connectivity index (χ2n) is 8.10. The summed E-state index contributed by atoms with van der Waals surface area (Å²) < 4.78 is 0. The Morgan fingerprint density at radius 1 is 1.07 bits per heavy atom. The van der Waals surface area contributed by atoms with Crippen molar-refractivity contribution in [1.29, 1.82) is 0 Å². The van der Waals surface area contributed by atoms with Crippen LogP contribution in [0.25, 0.3) is 0 Å². The van der Waals surface area contributed by atoms with E-state index in [4.69, 9.17) is 11.5 Å². The minimum absolute atomic E-state index is 0.0503. The van der Waals surface area contributed by atoms with Crippen LogP contribution in [-0.2, 0) is 4.79 Å². The number of aromatic nitrogens is 2.